The smallest absolute Gasteiger partial charge is 0.407 e. The van der Waals surface area contributed by atoms with Gasteiger partial charge in [0.25, 0.3) is 5.22 Å². The number of amides is 1. The zero-order chi connectivity index (χ0) is 36.4. The Morgan fingerprint density at radius 3 is 2.25 bits per heavy atom. The lowest BCUT2D eigenvalue weighted by atomic mass is 9.99. The summed E-state index contributed by atoms with van der Waals surface area (Å²) < 4.78 is 24.8. The van der Waals surface area contributed by atoms with Gasteiger partial charge < -0.3 is 29.1 Å². The fourth-order valence-electron chi connectivity index (χ4n) is 6.21. The number of hydrogen-bond donors (Lipinski definition) is 2. The number of thioether (sulfide) groups is 1. The molecule has 0 saturated carbocycles. The van der Waals surface area contributed by atoms with Gasteiger partial charge in [-0.2, -0.15) is 0 Å². The maximum absolute atomic E-state index is 12.0. The van der Waals surface area contributed by atoms with Gasteiger partial charge in [-0.05, 0) is 39.9 Å². The highest BCUT2D eigenvalue weighted by molar-refractivity contribution is 7.99. The minimum Gasteiger partial charge on any atom is -0.445 e. The average Bonchev–Trinajstić information content (AvgIpc) is 3.66. The van der Waals surface area contributed by atoms with Gasteiger partial charge in [-0.3, -0.25) is 0 Å². The van der Waals surface area contributed by atoms with Crippen LogP contribution in [0, 0.1) is 0 Å². The number of nitrogens with zero attached hydrogens (tertiary/aromatic N) is 1. The Hall–Kier alpha value is -5.45. The molecule has 5 aromatic carbocycles. The number of carbonyl (C=O) groups excluding carboxylic acids is 1. The number of nitrogens with one attached hydrogen (secondary N) is 1. The Bertz CT molecular complexity index is 2060. The normalized spacial score (nSPS) is 16.9. The summed E-state index contributed by atoms with van der Waals surface area (Å²) in [6.45, 7) is 4.04. The highest BCUT2D eigenvalue weighted by atomic mass is 32.2. The van der Waals surface area contributed by atoms with Gasteiger partial charge in [0, 0.05) is 35.4 Å². The third kappa shape index (κ3) is 9.14. The Morgan fingerprint density at radius 2 is 1.51 bits per heavy atom. The van der Waals surface area contributed by atoms with Crippen LogP contribution >= 0.6 is 11.8 Å². The van der Waals surface area contributed by atoms with Gasteiger partial charge in [0.1, 0.15) is 12.3 Å². The molecule has 2 heterocycles. The minimum atomic E-state index is -0.634. The van der Waals surface area contributed by atoms with Crippen LogP contribution in [0.3, 0.4) is 0 Å². The van der Waals surface area contributed by atoms with Crippen molar-refractivity contribution in [3.8, 4) is 33.7 Å². The van der Waals surface area contributed by atoms with Gasteiger partial charge in [-0.1, -0.05) is 146 Å². The summed E-state index contributed by atoms with van der Waals surface area (Å²) in [6.07, 6.45) is 0.605. The van der Waals surface area contributed by atoms with Crippen molar-refractivity contribution in [3.05, 3.63) is 168 Å². The standard InChI is InChI=1S/C44H40N2O6S/c1-2-23-49-43(48)45-27-31-11-9-16-35(24-31)36-17-10-18-37(25-36)42-50-38(26-39(51-42)32-21-19-30(28-47)20-22-32)29-53-44-46-40(33-12-5-3-6-13-33)41(52-44)34-14-7-4-8-15-34/h2-22,24-25,38-39,42,47H,1,23,26-29H2,(H,45,48)/t38-,39+,42+/m1/s1. The predicted octanol–water partition coefficient (Wildman–Crippen LogP) is 9.92. The molecule has 9 heteroatoms. The Labute approximate surface area is 313 Å². The first-order valence-electron chi connectivity index (χ1n) is 17.5. The van der Waals surface area contributed by atoms with E-state index in [1.165, 1.54) is 17.8 Å². The lowest BCUT2D eigenvalue weighted by molar-refractivity contribution is -0.245. The monoisotopic (exact) mass is 724 g/mol. The Morgan fingerprint density at radius 1 is 0.811 bits per heavy atom. The number of oxazole rings is 1. The van der Waals surface area contributed by atoms with Crippen molar-refractivity contribution in [3.63, 3.8) is 0 Å². The van der Waals surface area contributed by atoms with E-state index in [4.69, 9.17) is 23.6 Å². The Kier molecular flexibility index (Phi) is 11.8. The van der Waals surface area contributed by atoms with Crippen LogP contribution in [0.2, 0.25) is 0 Å². The van der Waals surface area contributed by atoms with Gasteiger partial charge >= 0.3 is 6.09 Å². The van der Waals surface area contributed by atoms with E-state index in [-0.39, 0.29) is 25.4 Å². The van der Waals surface area contributed by atoms with Gasteiger partial charge in [0.2, 0.25) is 0 Å². The quantitative estimate of drug-likeness (QED) is 0.0897. The summed E-state index contributed by atoms with van der Waals surface area (Å²) in [5.41, 5.74) is 8.43. The van der Waals surface area contributed by atoms with Crippen LogP contribution in [0.15, 0.2) is 156 Å². The zero-order valence-corrected chi connectivity index (χ0v) is 29.9. The van der Waals surface area contributed by atoms with E-state index in [2.05, 4.69) is 18.0 Å². The predicted molar refractivity (Wildman–Crippen MR) is 207 cm³/mol. The van der Waals surface area contributed by atoms with Crippen molar-refractivity contribution < 1.29 is 28.5 Å². The number of aromatic nitrogens is 1. The second-order valence-corrected chi connectivity index (χ2v) is 13.6. The summed E-state index contributed by atoms with van der Waals surface area (Å²) in [4.78, 5) is 16.9. The van der Waals surface area contributed by atoms with Gasteiger partial charge in [0.15, 0.2) is 12.1 Å². The van der Waals surface area contributed by atoms with Crippen LogP contribution in [-0.4, -0.2) is 34.6 Å². The third-order valence-corrected chi connectivity index (χ3v) is 9.85. The first kappa shape index (κ1) is 35.9. The number of hydrogen-bond acceptors (Lipinski definition) is 8. The molecule has 7 rings (SSSR count). The summed E-state index contributed by atoms with van der Waals surface area (Å²) in [5.74, 6) is 1.33. The van der Waals surface area contributed by atoms with E-state index in [1.807, 2.05) is 127 Å². The average molecular weight is 725 g/mol. The minimum absolute atomic E-state index is 0.0215. The molecular formula is C44H40N2O6S. The molecule has 3 atom stereocenters. The summed E-state index contributed by atoms with van der Waals surface area (Å²) >= 11 is 1.53. The van der Waals surface area contributed by atoms with Crippen molar-refractivity contribution in [1.82, 2.24) is 10.3 Å². The highest BCUT2D eigenvalue weighted by Gasteiger charge is 2.33. The molecule has 1 fully saturated rings. The number of ether oxygens (including phenoxy) is 3. The molecular weight excluding hydrogens is 685 g/mol. The van der Waals surface area contributed by atoms with E-state index in [1.54, 1.807) is 0 Å². The van der Waals surface area contributed by atoms with Crippen molar-refractivity contribution in [1.29, 1.82) is 0 Å². The van der Waals surface area contributed by atoms with Crippen LogP contribution < -0.4 is 5.32 Å². The second-order valence-electron chi connectivity index (χ2n) is 12.6. The Balaban J connectivity index is 1.12. The molecule has 53 heavy (non-hydrogen) atoms. The van der Waals surface area contributed by atoms with E-state index in [0.717, 1.165) is 56.0 Å². The molecule has 1 aromatic heterocycles. The maximum atomic E-state index is 12.0. The molecule has 0 unspecified atom stereocenters. The van der Waals surface area contributed by atoms with Crippen molar-refractivity contribution in [2.24, 2.45) is 0 Å². The number of rotatable bonds is 13. The lowest BCUT2D eigenvalue weighted by Gasteiger charge is -2.36. The van der Waals surface area contributed by atoms with Crippen molar-refractivity contribution in [2.45, 2.75) is 43.3 Å². The summed E-state index contributed by atoms with van der Waals surface area (Å²) in [7, 11) is 0. The van der Waals surface area contributed by atoms with Crippen LogP contribution in [0.4, 0.5) is 4.79 Å². The lowest BCUT2D eigenvalue weighted by Crippen LogP contribution is -2.31. The number of alkyl carbamates (subject to hydrolysis) is 1. The molecule has 1 saturated heterocycles. The second kappa shape index (κ2) is 17.4. The molecule has 2 N–H and O–H groups in total. The van der Waals surface area contributed by atoms with E-state index in [0.29, 0.717) is 23.9 Å². The summed E-state index contributed by atoms with van der Waals surface area (Å²) in [5, 5.41) is 13.0. The van der Waals surface area contributed by atoms with Crippen LogP contribution in [-0.2, 0) is 27.4 Å². The molecule has 0 spiro atoms. The molecule has 0 aliphatic carbocycles. The van der Waals surface area contributed by atoms with Crippen LogP contribution in [0.1, 0.15) is 41.1 Å². The topological polar surface area (TPSA) is 103 Å². The molecule has 268 valence electrons. The van der Waals surface area contributed by atoms with Gasteiger partial charge in [0.05, 0.1) is 18.8 Å². The van der Waals surface area contributed by atoms with E-state index < -0.39 is 12.4 Å². The molecule has 0 bridgehead atoms. The zero-order valence-electron chi connectivity index (χ0n) is 29.1. The summed E-state index contributed by atoms with van der Waals surface area (Å²) in [6, 6.07) is 44.2. The molecule has 1 aliphatic heterocycles. The van der Waals surface area contributed by atoms with Crippen LogP contribution in [0.25, 0.3) is 33.7 Å². The molecule has 1 amide bonds. The van der Waals surface area contributed by atoms with Crippen LogP contribution in [0.5, 0.6) is 0 Å². The number of carbonyl (C=O) groups is 1. The third-order valence-electron chi connectivity index (χ3n) is 8.89. The fraction of sp³-hybridized carbons (Fsp3) is 0.182. The number of aliphatic hydroxyl groups excluding tert-OH is 1. The largest absolute Gasteiger partial charge is 0.445 e. The van der Waals surface area contributed by atoms with Crippen molar-refractivity contribution in [2.75, 3.05) is 12.4 Å². The SMILES string of the molecule is C=CCOC(=O)NCc1cccc(-c2cccc([C@H]3O[C@@H](CSc4nc(-c5ccccc5)c(-c5ccccc5)o4)C[C@@H](c4ccc(CO)cc4)O3)c2)c1. The van der Waals surface area contributed by atoms with E-state index in [9.17, 15) is 9.90 Å². The van der Waals surface area contributed by atoms with Crippen molar-refractivity contribution >= 4 is 17.9 Å². The first-order valence-corrected chi connectivity index (χ1v) is 18.5. The fourth-order valence-corrected chi connectivity index (χ4v) is 7.05. The highest BCUT2D eigenvalue weighted by Crippen LogP contribution is 2.41. The number of benzene rings is 5. The van der Waals surface area contributed by atoms with Gasteiger partial charge in [-0.15, -0.1) is 0 Å². The van der Waals surface area contributed by atoms with Gasteiger partial charge in [-0.25, -0.2) is 9.78 Å². The molecule has 0 radical (unpaired) electrons. The molecule has 8 nitrogen and oxygen atoms in total. The molecule has 6 aromatic rings. The number of aliphatic hydroxyl groups is 1. The van der Waals surface area contributed by atoms with E-state index >= 15 is 0 Å². The molecule has 1 aliphatic rings. The first-order chi connectivity index (χ1) is 26.1. The maximum Gasteiger partial charge on any atom is 0.407 e.